The van der Waals surface area contributed by atoms with Gasteiger partial charge in [-0.2, -0.15) is 5.10 Å². The van der Waals surface area contributed by atoms with Gasteiger partial charge in [0.15, 0.2) is 0 Å². The lowest BCUT2D eigenvalue weighted by Gasteiger charge is -2.36. The summed E-state index contributed by atoms with van der Waals surface area (Å²) in [7, 11) is 1.91. The smallest absolute Gasteiger partial charge is 0.407 e. The number of nitrogens with one attached hydrogen (secondary N) is 2. The summed E-state index contributed by atoms with van der Waals surface area (Å²) >= 11 is 0. The Morgan fingerprint density at radius 1 is 1.30 bits per heavy atom. The predicted octanol–water partition coefficient (Wildman–Crippen LogP) is 2.60. The molecule has 1 heterocycles. The molecule has 1 aliphatic carbocycles. The molecule has 0 aliphatic heterocycles. The number of ether oxygens (including phenoxy) is 1. The van der Waals surface area contributed by atoms with Crippen molar-refractivity contribution in [2.24, 2.45) is 7.05 Å². The number of amides is 1. The second-order valence-electron chi connectivity index (χ2n) is 6.02. The SMILES string of the molecule is Cc1nn(C)cc1NC1CC(NC(=O)OCc2ccccc2)C1. The van der Waals surface area contributed by atoms with Crippen LogP contribution in [-0.4, -0.2) is 28.0 Å². The molecule has 1 amide bonds. The lowest BCUT2D eigenvalue weighted by molar-refractivity contribution is 0.129. The maximum absolute atomic E-state index is 11.8. The van der Waals surface area contributed by atoms with Gasteiger partial charge >= 0.3 is 6.09 Å². The number of hydrogen-bond acceptors (Lipinski definition) is 4. The number of aromatic nitrogens is 2. The molecule has 3 rings (SSSR count). The van der Waals surface area contributed by atoms with Crippen molar-refractivity contribution in [3.8, 4) is 0 Å². The zero-order chi connectivity index (χ0) is 16.2. The van der Waals surface area contributed by atoms with Gasteiger partial charge in [0.1, 0.15) is 6.61 Å². The number of carbonyl (C=O) groups excluding carboxylic acids is 1. The van der Waals surface area contributed by atoms with Crippen molar-refractivity contribution in [1.29, 1.82) is 0 Å². The van der Waals surface area contributed by atoms with E-state index in [4.69, 9.17) is 4.74 Å². The van der Waals surface area contributed by atoms with Crippen LogP contribution in [0.15, 0.2) is 36.5 Å². The highest BCUT2D eigenvalue weighted by Crippen LogP contribution is 2.25. The van der Waals surface area contributed by atoms with Gasteiger partial charge in [0.25, 0.3) is 0 Å². The van der Waals surface area contributed by atoms with E-state index in [9.17, 15) is 4.79 Å². The van der Waals surface area contributed by atoms with Crippen LogP contribution in [0.4, 0.5) is 10.5 Å². The molecule has 1 fully saturated rings. The van der Waals surface area contributed by atoms with Crippen molar-refractivity contribution in [2.45, 2.75) is 38.5 Å². The molecule has 6 nitrogen and oxygen atoms in total. The summed E-state index contributed by atoms with van der Waals surface area (Å²) in [5.74, 6) is 0. The average molecular weight is 314 g/mol. The summed E-state index contributed by atoms with van der Waals surface area (Å²) < 4.78 is 7.03. The highest BCUT2D eigenvalue weighted by Gasteiger charge is 2.31. The highest BCUT2D eigenvalue weighted by molar-refractivity contribution is 5.67. The van der Waals surface area contributed by atoms with Crippen molar-refractivity contribution in [2.75, 3.05) is 5.32 Å². The van der Waals surface area contributed by atoms with Gasteiger partial charge in [-0.15, -0.1) is 0 Å². The number of nitrogens with zero attached hydrogens (tertiary/aromatic N) is 2. The van der Waals surface area contributed by atoms with Crippen LogP contribution in [0.25, 0.3) is 0 Å². The Morgan fingerprint density at radius 3 is 2.70 bits per heavy atom. The van der Waals surface area contributed by atoms with Crippen LogP contribution in [-0.2, 0) is 18.4 Å². The standard InChI is InChI=1S/C17H22N4O2/c1-12-16(10-21(2)20-12)18-14-8-15(9-14)19-17(22)23-11-13-6-4-3-5-7-13/h3-7,10,14-15,18H,8-9,11H2,1-2H3,(H,19,22). The molecule has 0 bridgehead atoms. The van der Waals surface area contributed by atoms with Crippen LogP contribution in [0.3, 0.4) is 0 Å². The number of anilines is 1. The van der Waals surface area contributed by atoms with E-state index in [0.29, 0.717) is 12.6 Å². The van der Waals surface area contributed by atoms with Crippen LogP contribution in [0.2, 0.25) is 0 Å². The van der Waals surface area contributed by atoms with E-state index in [0.717, 1.165) is 29.8 Å². The molecule has 0 spiro atoms. The van der Waals surface area contributed by atoms with Crippen LogP contribution in [0.5, 0.6) is 0 Å². The second-order valence-corrected chi connectivity index (χ2v) is 6.02. The Bertz CT molecular complexity index is 662. The first-order valence-electron chi connectivity index (χ1n) is 7.84. The summed E-state index contributed by atoms with van der Waals surface area (Å²) in [5, 5.41) is 10.7. The highest BCUT2D eigenvalue weighted by atomic mass is 16.5. The number of alkyl carbamates (subject to hydrolysis) is 1. The maximum atomic E-state index is 11.8. The molecule has 0 saturated heterocycles. The van der Waals surface area contributed by atoms with Gasteiger partial charge in [0.05, 0.1) is 11.4 Å². The first kappa shape index (κ1) is 15.4. The molecule has 0 radical (unpaired) electrons. The average Bonchev–Trinajstić information content (AvgIpc) is 2.82. The van der Waals surface area contributed by atoms with Crippen LogP contribution >= 0.6 is 0 Å². The summed E-state index contributed by atoms with van der Waals surface area (Å²) in [6, 6.07) is 10.2. The fourth-order valence-corrected chi connectivity index (χ4v) is 2.75. The van der Waals surface area contributed by atoms with Gasteiger partial charge in [0.2, 0.25) is 0 Å². The fraction of sp³-hybridized carbons (Fsp3) is 0.412. The fourth-order valence-electron chi connectivity index (χ4n) is 2.75. The number of aryl methyl sites for hydroxylation is 2. The van der Waals surface area contributed by atoms with Gasteiger partial charge < -0.3 is 15.4 Å². The number of hydrogen-bond donors (Lipinski definition) is 2. The quantitative estimate of drug-likeness (QED) is 0.890. The molecular weight excluding hydrogens is 292 g/mol. The summed E-state index contributed by atoms with van der Waals surface area (Å²) in [4.78, 5) is 11.8. The topological polar surface area (TPSA) is 68.2 Å². The number of carbonyl (C=O) groups is 1. The van der Waals surface area contributed by atoms with Crippen molar-refractivity contribution < 1.29 is 9.53 Å². The third kappa shape index (κ3) is 4.03. The molecular formula is C17H22N4O2. The second kappa shape index (κ2) is 6.73. The molecule has 122 valence electrons. The minimum atomic E-state index is -0.352. The van der Waals surface area contributed by atoms with Crippen molar-refractivity contribution in [3.63, 3.8) is 0 Å². The molecule has 1 aromatic heterocycles. The first-order chi connectivity index (χ1) is 11.1. The minimum Gasteiger partial charge on any atom is -0.445 e. The van der Waals surface area contributed by atoms with Crippen molar-refractivity contribution >= 4 is 11.8 Å². The largest absolute Gasteiger partial charge is 0.445 e. The lowest BCUT2D eigenvalue weighted by atomic mass is 9.86. The van der Waals surface area contributed by atoms with E-state index in [-0.39, 0.29) is 12.1 Å². The molecule has 1 aromatic carbocycles. The van der Waals surface area contributed by atoms with Gasteiger partial charge in [-0.05, 0) is 25.3 Å². The Morgan fingerprint density at radius 2 is 2.04 bits per heavy atom. The maximum Gasteiger partial charge on any atom is 0.407 e. The first-order valence-corrected chi connectivity index (χ1v) is 7.84. The normalized spacial score (nSPS) is 19.7. The lowest BCUT2D eigenvalue weighted by Crippen LogP contribution is -2.49. The van der Waals surface area contributed by atoms with Gasteiger partial charge in [0, 0.05) is 25.3 Å². The predicted molar refractivity (Wildman–Crippen MR) is 88.1 cm³/mol. The van der Waals surface area contributed by atoms with Crippen molar-refractivity contribution in [3.05, 3.63) is 47.8 Å². The van der Waals surface area contributed by atoms with Gasteiger partial charge in [-0.3, -0.25) is 4.68 Å². The zero-order valence-electron chi connectivity index (χ0n) is 13.5. The molecule has 1 saturated carbocycles. The van der Waals surface area contributed by atoms with E-state index in [1.54, 1.807) is 4.68 Å². The number of rotatable bonds is 5. The third-order valence-corrected chi connectivity index (χ3v) is 4.05. The van der Waals surface area contributed by atoms with Gasteiger partial charge in [-0.1, -0.05) is 30.3 Å². The summed E-state index contributed by atoms with van der Waals surface area (Å²) in [6.45, 7) is 2.29. The van der Waals surface area contributed by atoms with Crippen molar-refractivity contribution in [1.82, 2.24) is 15.1 Å². The monoisotopic (exact) mass is 314 g/mol. The molecule has 6 heteroatoms. The summed E-state index contributed by atoms with van der Waals surface area (Å²) in [6.07, 6.45) is 3.42. The molecule has 1 aliphatic rings. The Kier molecular flexibility index (Phi) is 4.50. The molecule has 2 aromatic rings. The minimum absolute atomic E-state index is 0.174. The van der Waals surface area contributed by atoms with E-state index in [2.05, 4.69) is 15.7 Å². The van der Waals surface area contributed by atoms with E-state index in [1.165, 1.54) is 0 Å². The van der Waals surface area contributed by atoms with Crippen LogP contribution in [0.1, 0.15) is 24.1 Å². The van der Waals surface area contributed by atoms with E-state index in [1.807, 2.05) is 50.5 Å². The number of benzene rings is 1. The van der Waals surface area contributed by atoms with E-state index < -0.39 is 0 Å². The van der Waals surface area contributed by atoms with E-state index >= 15 is 0 Å². The molecule has 23 heavy (non-hydrogen) atoms. The third-order valence-electron chi connectivity index (χ3n) is 4.05. The van der Waals surface area contributed by atoms with Crippen LogP contribution < -0.4 is 10.6 Å². The Balaban J connectivity index is 1.36. The zero-order valence-corrected chi connectivity index (χ0v) is 13.5. The Labute approximate surface area is 135 Å². The summed E-state index contributed by atoms with van der Waals surface area (Å²) in [5.41, 5.74) is 3.04. The molecule has 0 unspecified atom stereocenters. The molecule has 0 atom stereocenters. The van der Waals surface area contributed by atoms with Gasteiger partial charge in [-0.25, -0.2) is 4.79 Å². The Hall–Kier alpha value is -2.50. The molecule has 2 N–H and O–H groups in total. The van der Waals surface area contributed by atoms with Crippen LogP contribution in [0, 0.1) is 6.92 Å².